The lowest BCUT2D eigenvalue weighted by Gasteiger charge is -2.22. The van der Waals surface area contributed by atoms with E-state index in [1.54, 1.807) is 0 Å². The van der Waals surface area contributed by atoms with E-state index >= 15 is 0 Å². The van der Waals surface area contributed by atoms with Gasteiger partial charge in [0, 0.05) is 11.4 Å². The summed E-state index contributed by atoms with van der Waals surface area (Å²) in [4.78, 5) is 14.2. The molecule has 5 heteroatoms. The van der Waals surface area contributed by atoms with E-state index in [2.05, 4.69) is 21.6 Å². The van der Waals surface area contributed by atoms with Crippen molar-refractivity contribution < 1.29 is 4.79 Å². The largest absolute Gasteiger partial charge is 0.349 e. The number of aromatic amines is 1. The molecule has 1 fully saturated rings. The summed E-state index contributed by atoms with van der Waals surface area (Å²) in [5, 5.41) is 11.7. The average molecular weight is 325 g/mol. The molecule has 2 aromatic heterocycles. The van der Waals surface area contributed by atoms with Gasteiger partial charge in [-0.05, 0) is 31.0 Å². The number of carbonyl (C=O) groups is 1. The number of H-pyrrole nitrogens is 1. The highest BCUT2D eigenvalue weighted by Crippen LogP contribution is 2.32. The molecule has 4 rings (SSSR count). The molecule has 23 heavy (non-hydrogen) atoms. The average Bonchev–Trinajstić information content (AvgIpc) is 3.22. The molecule has 4 nitrogen and oxygen atoms in total. The van der Waals surface area contributed by atoms with Gasteiger partial charge in [0.15, 0.2) is 0 Å². The van der Waals surface area contributed by atoms with Gasteiger partial charge in [-0.25, -0.2) is 0 Å². The third-order valence-corrected chi connectivity index (χ3v) is 5.56. The highest BCUT2D eigenvalue weighted by atomic mass is 32.1. The Morgan fingerprint density at radius 1 is 1.13 bits per heavy atom. The highest BCUT2D eigenvalue weighted by Gasteiger charge is 2.19. The maximum atomic E-state index is 12.4. The van der Waals surface area contributed by atoms with Gasteiger partial charge in [0.05, 0.1) is 15.3 Å². The maximum absolute atomic E-state index is 12.4. The standard InChI is InChI=1S/C18H19N3OS/c22-18(19-12-6-2-1-3-7-12)16-11-10-15(23-16)17-13-8-4-5-9-14(13)20-21-17/h4-5,8-12H,1-3,6-7H2,(H,19,22)(H,20,21). The summed E-state index contributed by atoms with van der Waals surface area (Å²) < 4.78 is 0. The summed E-state index contributed by atoms with van der Waals surface area (Å²) in [5.41, 5.74) is 1.94. The van der Waals surface area contributed by atoms with Crippen LogP contribution in [0.2, 0.25) is 0 Å². The van der Waals surface area contributed by atoms with Crippen LogP contribution < -0.4 is 5.32 Å². The van der Waals surface area contributed by atoms with E-state index in [1.807, 2.05) is 30.3 Å². The van der Waals surface area contributed by atoms with E-state index in [0.717, 1.165) is 39.2 Å². The Kier molecular flexibility index (Phi) is 3.87. The number of nitrogens with one attached hydrogen (secondary N) is 2. The lowest BCUT2D eigenvalue weighted by Crippen LogP contribution is -2.35. The Bertz CT molecular complexity index is 830. The molecule has 1 saturated carbocycles. The van der Waals surface area contributed by atoms with Crippen LogP contribution in [0.15, 0.2) is 36.4 Å². The number of amides is 1. The molecule has 3 aromatic rings. The highest BCUT2D eigenvalue weighted by molar-refractivity contribution is 7.17. The summed E-state index contributed by atoms with van der Waals surface area (Å²) in [7, 11) is 0. The number of nitrogens with zero attached hydrogens (tertiary/aromatic N) is 1. The van der Waals surface area contributed by atoms with Crippen LogP contribution in [0.1, 0.15) is 41.8 Å². The number of benzene rings is 1. The molecular weight excluding hydrogens is 306 g/mol. The van der Waals surface area contributed by atoms with Gasteiger partial charge in [0.1, 0.15) is 5.69 Å². The smallest absolute Gasteiger partial charge is 0.261 e. The normalized spacial score (nSPS) is 15.8. The van der Waals surface area contributed by atoms with Crippen molar-refractivity contribution in [2.45, 2.75) is 38.1 Å². The van der Waals surface area contributed by atoms with Gasteiger partial charge < -0.3 is 5.32 Å². The number of rotatable bonds is 3. The van der Waals surface area contributed by atoms with Crippen molar-refractivity contribution in [3.63, 3.8) is 0 Å². The van der Waals surface area contributed by atoms with Crippen molar-refractivity contribution in [2.75, 3.05) is 0 Å². The number of para-hydroxylation sites is 1. The molecular formula is C18H19N3OS. The lowest BCUT2D eigenvalue weighted by atomic mass is 9.95. The van der Waals surface area contributed by atoms with Crippen LogP contribution in [0, 0.1) is 0 Å². The summed E-state index contributed by atoms with van der Waals surface area (Å²) in [5.74, 6) is 0.0491. The minimum absolute atomic E-state index is 0.0491. The Morgan fingerprint density at radius 2 is 1.96 bits per heavy atom. The predicted molar refractivity (Wildman–Crippen MR) is 93.7 cm³/mol. The number of fused-ring (bicyclic) bond motifs is 1. The first-order valence-corrected chi connectivity index (χ1v) is 8.97. The summed E-state index contributed by atoms with van der Waals surface area (Å²) in [6.07, 6.45) is 5.95. The minimum Gasteiger partial charge on any atom is -0.349 e. The van der Waals surface area contributed by atoms with Crippen molar-refractivity contribution in [3.05, 3.63) is 41.3 Å². The number of carbonyl (C=O) groups excluding carboxylic acids is 1. The molecule has 0 unspecified atom stereocenters. The van der Waals surface area contributed by atoms with Gasteiger partial charge in [0.2, 0.25) is 0 Å². The van der Waals surface area contributed by atoms with Gasteiger partial charge in [-0.3, -0.25) is 9.89 Å². The fourth-order valence-electron chi connectivity index (χ4n) is 3.24. The van der Waals surface area contributed by atoms with Crippen molar-refractivity contribution in [1.29, 1.82) is 0 Å². The SMILES string of the molecule is O=C(NC1CCCCC1)c1ccc(-c2n[nH]c3ccccc23)s1. The van der Waals surface area contributed by atoms with E-state index in [1.165, 1.54) is 30.6 Å². The zero-order chi connectivity index (χ0) is 15.6. The topological polar surface area (TPSA) is 57.8 Å². The number of thiophene rings is 1. The molecule has 0 aliphatic heterocycles. The second kappa shape index (κ2) is 6.16. The third-order valence-electron chi connectivity index (χ3n) is 4.47. The van der Waals surface area contributed by atoms with Crippen LogP contribution in [0.4, 0.5) is 0 Å². The molecule has 1 aliphatic rings. The second-order valence-corrected chi connectivity index (χ2v) is 7.17. The fraction of sp³-hybridized carbons (Fsp3) is 0.333. The van der Waals surface area contributed by atoms with Crippen LogP contribution in [0.25, 0.3) is 21.5 Å². The van der Waals surface area contributed by atoms with Crippen LogP contribution >= 0.6 is 11.3 Å². The maximum Gasteiger partial charge on any atom is 0.261 e. The first-order valence-electron chi connectivity index (χ1n) is 8.15. The monoisotopic (exact) mass is 325 g/mol. The van der Waals surface area contributed by atoms with E-state index in [-0.39, 0.29) is 5.91 Å². The molecule has 2 N–H and O–H groups in total. The van der Waals surface area contributed by atoms with Crippen molar-refractivity contribution in [1.82, 2.24) is 15.5 Å². The Hall–Kier alpha value is -2.14. The van der Waals surface area contributed by atoms with E-state index in [0.29, 0.717) is 6.04 Å². The number of hydrogen-bond donors (Lipinski definition) is 2. The third kappa shape index (κ3) is 2.88. The van der Waals surface area contributed by atoms with Gasteiger partial charge in [-0.1, -0.05) is 37.5 Å². The molecule has 2 heterocycles. The van der Waals surface area contributed by atoms with Gasteiger partial charge >= 0.3 is 0 Å². The molecule has 118 valence electrons. The van der Waals surface area contributed by atoms with E-state index in [9.17, 15) is 4.79 Å². The second-order valence-electron chi connectivity index (χ2n) is 6.09. The molecule has 1 aromatic carbocycles. The zero-order valence-electron chi connectivity index (χ0n) is 12.8. The van der Waals surface area contributed by atoms with E-state index < -0.39 is 0 Å². The molecule has 0 bridgehead atoms. The van der Waals surface area contributed by atoms with Crippen LogP contribution in [-0.2, 0) is 0 Å². The predicted octanol–water partition coefficient (Wildman–Crippen LogP) is 4.35. The van der Waals surface area contributed by atoms with Crippen LogP contribution in [0.5, 0.6) is 0 Å². The molecule has 0 atom stereocenters. The summed E-state index contributed by atoms with van der Waals surface area (Å²) in [6.45, 7) is 0. The Balaban J connectivity index is 1.55. The molecule has 1 amide bonds. The van der Waals surface area contributed by atoms with Crippen molar-refractivity contribution in [3.8, 4) is 10.6 Å². The van der Waals surface area contributed by atoms with Crippen molar-refractivity contribution in [2.24, 2.45) is 0 Å². The number of hydrogen-bond acceptors (Lipinski definition) is 3. The minimum atomic E-state index is 0.0491. The Morgan fingerprint density at radius 3 is 2.83 bits per heavy atom. The van der Waals surface area contributed by atoms with Crippen LogP contribution in [0.3, 0.4) is 0 Å². The van der Waals surface area contributed by atoms with E-state index in [4.69, 9.17) is 0 Å². The lowest BCUT2D eigenvalue weighted by molar-refractivity contribution is 0.0932. The first-order chi connectivity index (χ1) is 11.3. The molecule has 1 aliphatic carbocycles. The van der Waals surface area contributed by atoms with Crippen LogP contribution in [-0.4, -0.2) is 22.1 Å². The summed E-state index contributed by atoms with van der Waals surface area (Å²) in [6, 6.07) is 12.3. The van der Waals surface area contributed by atoms with Gasteiger partial charge in [-0.15, -0.1) is 11.3 Å². The first kappa shape index (κ1) is 14.5. The van der Waals surface area contributed by atoms with Crippen molar-refractivity contribution >= 4 is 28.1 Å². The molecule has 0 spiro atoms. The fourth-order valence-corrected chi connectivity index (χ4v) is 4.15. The summed E-state index contributed by atoms with van der Waals surface area (Å²) >= 11 is 1.51. The van der Waals surface area contributed by atoms with Gasteiger partial charge in [0.25, 0.3) is 5.91 Å². The molecule has 0 radical (unpaired) electrons. The number of aromatic nitrogens is 2. The zero-order valence-corrected chi connectivity index (χ0v) is 13.7. The quantitative estimate of drug-likeness (QED) is 0.752. The molecule has 0 saturated heterocycles. The Labute approximate surface area is 138 Å². The van der Waals surface area contributed by atoms with Gasteiger partial charge in [-0.2, -0.15) is 5.10 Å².